The number of nitrogens with one attached hydrogen (secondary N) is 1. The molecule has 1 fully saturated rings. The first-order chi connectivity index (χ1) is 6.50. The number of carbonyl (C=O) groups excluding carboxylic acids is 2. The van der Waals surface area contributed by atoms with Crippen LogP contribution in [0.3, 0.4) is 0 Å². The molecule has 0 spiro atoms. The van der Waals surface area contributed by atoms with Crippen molar-refractivity contribution in [1.82, 2.24) is 5.32 Å². The van der Waals surface area contributed by atoms with Crippen LogP contribution >= 0.6 is 11.8 Å². The number of hydrogen-bond donors (Lipinski definition) is 1. The summed E-state index contributed by atoms with van der Waals surface area (Å²) in [5.74, 6) is 0.141. The lowest BCUT2D eigenvalue weighted by molar-refractivity contribution is -0.154. The van der Waals surface area contributed by atoms with Crippen LogP contribution in [0.4, 0.5) is 4.79 Å². The molecule has 80 valence electrons. The zero-order chi connectivity index (χ0) is 10.8. The Kier molecular flexibility index (Phi) is 3.42. The molecule has 1 saturated heterocycles. The van der Waals surface area contributed by atoms with Gasteiger partial charge in [-0.15, -0.1) is 0 Å². The zero-order valence-corrected chi connectivity index (χ0v) is 9.44. The third kappa shape index (κ3) is 2.20. The number of ether oxygens (including phenoxy) is 1. The summed E-state index contributed by atoms with van der Waals surface area (Å²) in [5.41, 5.74) is -0.800. The fourth-order valence-electron chi connectivity index (χ4n) is 1.23. The van der Waals surface area contributed by atoms with E-state index in [9.17, 15) is 9.59 Å². The Hall–Kier alpha value is -0.710. The molecule has 1 N–H and O–H groups in total. The van der Waals surface area contributed by atoms with E-state index < -0.39 is 5.54 Å². The van der Waals surface area contributed by atoms with Gasteiger partial charge in [0.15, 0.2) is 0 Å². The number of thioether (sulfide) groups is 1. The molecule has 0 aromatic heterocycles. The van der Waals surface area contributed by atoms with Crippen LogP contribution in [0.5, 0.6) is 0 Å². The largest absolute Gasteiger partial charge is 0.461 e. The highest BCUT2D eigenvalue weighted by atomic mass is 32.2. The Morgan fingerprint density at radius 3 is 2.71 bits per heavy atom. The van der Waals surface area contributed by atoms with Crippen LogP contribution in [0.1, 0.15) is 27.2 Å². The van der Waals surface area contributed by atoms with Crippen molar-refractivity contribution in [2.24, 2.45) is 0 Å². The lowest BCUT2D eigenvalue weighted by Crippen LogP contribution is -2.51. The average Bonchev–Trinajstić information content (AvgIpc) is 2.47. The molecule has 5 heteroatoms. The highest BCUT2D eigenvalue weighted by molar-refractivity contribution is 8.14. The van der Waals surface area contributed by atoms with E-state index >= 15 is 0 Å². The van der Waals surface area contributed by atoms with Crippen LogP contribution in [0.25, 0.3) is 0 Å². The van der Waals surface area contributed by atoms with Crippen molar-refractivity contribution >= 4 is 23.0 Å². The van der Waals surface area contributed by atoms with E-state index in [1.54, 1.807) is 13.8 Å². The van der Waals surface area contributed by atoms with E-state index in [-0.39, 0.29) is 17.3 Å². The highest BCUT2D eigenvalue weighted by Crippen LogP contribution is 2.27. The molecule has 0 saturated carbocycles. The SMILES string of the molecule is CC[C@]1(C(=O)OC(C)C)CSC(=O)N1. The first kappa shape index (κ1) is 11.4. The Bertz CT molecular complexity index is 254. The van der Waals surface area contributed by atoms with Crippen molar-refractivity contribution in [2.75, 3.05) is 5.75 Å². The van der Waals surface area contributed by atoms with Crippen LogP contribution in [0.2, 0.25) is 0 Å². The molecule has 0 aromatic carbocycles. The quantitative estimate of drug-likeness (QED) is 0.729. The van der Waals surface area contributed by atoms with Crippen molar-refractivity contribution in [3.63, 3.8) is 0 Å². The minimum atomic E-state index is -0.800. The van der Waals surface area contributed by atoms with E-state index in [0.717, 1.165) is 11.8 Å². The van der Waals surface area contributed by atoms with Gasteiger partial charge in [0, 0.05) is 5.75 Å². The molecule has 1 heterocycles. The first-order valence-corrected chi connectivity index (χ1v) is 5.65. The Morgan fingerprint density at radius 2 is 2.36 bits per heavy atom. The van der Waals surface area contributed by atoms with E-state index in [1.807, 2.05) is 6.92 Å². The molecule has 1 atom stereocenters. The maximum atomic E-state index is 11.7. The molecule has 1 aliphatic heterocycles. The molecule has 4 nitrogen and oxygen atoms in total. The summed E-state index contributed by atoms with van der Waals surface area (Å²) in [6, 6.07) is 0. The van der Waals surface area contributed by atoms with Crippen LogP contribution < -0.4 is 5.32 Å². The van der Waals surface area contributed by atoms with Crippen molar-refractivity contribution in [2.45, 2.75) is 38.8 Å². The van der Waals surface area contributed by atoms with E-state index in [4.69, 9.17) is 4.74 Å². The molecule has 0 aliphatic carbocycles. The smallest absolute Gasteiger partial charge is 0.333 e. The maximum absolute atomic E-state index is 11.7. The molecule has 1 rings (SSSR count). The second-order valence-electron chi connectivity index (χ2n) is 3.59. The summed E-state index contributed by atoms with van der Waals surface area (Å²) >= 11 is 1.13. The Balaban J connectivity index is 2.70. The summed E-state index contributed by atoms with van der Waals surface area (Å²) in [6.07, 6.45) is 0.422. The second-order valence-corrected chi connectivity index (χ2v) is 4.54. The van der Waals surface area contributed by atoms with Gasteiger partial charge in [0.2, 0.25) is 0 Å². The summed E-state index contributed by atoms with van der Waals surface area (Å²) in [6.45, 7) is 5.46. The number of amides is 1. The van der Waals surface area contributed by atoms with Crippen LogP contribution in [0, 0.1) is 0 Å². The molecule has 1 amide bonds. The number of hydrogen-bond acceptors (Lipinski definition) is 4. The fraction of sp³-hybridized carbons (Fsp3) is 0.778. The predicted octanol–water partition coefficient (Wildman–Crippen LogP) is 1.54. The summed E-state index contributed by atoms with van der Waals surface area (Å²) in [4.78, 5) is 22.8. The standard InChI is InChI=1S/C9H15NO3S/c1-4-9(5-14-8(12)10-9)7(11)13-6(2)3/h6H,4-5H2,1-3H3,(H,10,12)/t9-/m1/s1. The number of carbonyl (C=O) groups is 2. The van der Waals surface area contributed by atoms with E-state index in [1.165, 1.54) is 0 Å². The molecule has 0 unspecified atom stereocenters. The predicted molar refractivity (Wildman–Crippen MR) is 55.2 cm³/mol. The van der Waals surface area contributed by atoms with Crippen molar-refractivity contribution in [3.05, 3.63) is 0 Å². The van der Waals surface area contributed by atoms with Gasteiger partial charge in [-0.1, -0.05) is 18.7 Å². The lowest BCUT2D eigenvalue weighted by atomic mass is 9.99. The number of rotatable bonds is 3. The molecular weight excluding hydrogens is 202 g/mol. The Morgan fingerprint density at radius 1 is 1.71 bits per heavy atom. The second kappa shape index (κ2) is 4.21. The van der Waals surface area contributed by atoms with Crippen LogP contribution in [-0.4, -0.2) is 28.6 Å². The van der Waals surface area contributed by atoms with Gasteiger partial charge in [0.25, 0.3) is 5.24 Å². The van der Waals surface area contributed by atoms with Gasteiger partial charge in [-0.25, -0.2) is 4.79 Å². The van der Waals surface area contributed by atoms with Gasteiger partial charge in [-0.2, -0.15) is 0 Å². The van der Waals surface area contributed by atoms with Crippen molar-refractivity contribution in [3.8, 4) is 0 Å². The molecule has 0 bridgehead atoms. The molecule has 0 aromatic rings. The van der Waals surface area contributed by atoms with Gasteiger partial charge < -0.3 is 10.1 Å². The summed E-state index contributed by atoms with van der Waals surface area (Å²) in [5, 5.41) is 2.53. The zero-order valence-electron chi connectivity index (χ0n) is 8.62. The van der Waals surface area contributed by atoms with Crippen molar-refractivity contribution < 1.29 is 14.3 Å². The van der Waals surface area contributed by atoms with Gasteiger partial charge in [0.1, 0.15) is 5.54 Å². The minimum Gasteiger partial charge on any atom is -0.461 e. The van der Waals surface area contributed by atoms with Crippen LogP contribution in [-0.2, 0) is 9.53 Å². The monoisotopic (exact) mass is 217 g/mol. The molecule has 14 heavy (non-hydrogen) atoms. The third-order valence-corrected chi connectivity index (χ3v) is 3.13. The summed E-state index contributed by atoms with van der Waals surface area (Å²) in [7, 11) is 0. The van der Waals surface area contributed by atoms with Gasteiger partial charge in [-0.3, -0.25) is 4.79 Å². The lowest BCUT2D eigenvalue weighted by Gasteiger charge is -2.25. The maximum Gasteiger partial charge on any atom is 0.333 e. The van der Waals surface area contributed by atoms with E-state index in [0.29, 0.717) is 12.2 Å². The third-order valence-electron chi connectivity index (χ3n) is 2.13. The molecule has 0 radical (unpaired) electrons. The Labute approximate surface area is 87.8 Å². The van der Waals surface area contributed by atoms with Crippen molar-refractivity contribution in [1.29, 1.82) is 0 Å². The van der Waals surface area contributed by atoms with Gasteiger partial charge in [0.05, 0.1) is 6.10 Å². The first-order valence-electron chi connectivity index (χ1n) is 4.66. The van der Waals surface area contributed by atoms with Crippen LogP contribution in [0.15, 0.2) is 0 Å². The highest BCUT2D eigenvalue weighted by Gasteiger charge is 2.45. The fourth-order valence-corrected chi connectivity index (χ4v) is 2.27. The van der Waals surface area contributed by atoms with Gasteiger partial charge >= 0.3 is 5.97 Å². The number of esters is 1. The normalized spacial score (nSPS) is 26.4. The molecular formula is C9H15NO3S. The molecule has 1 aliphatic rings. The van der Waals surface area contributed by atoms with Gasteiger partial charge in [-0.05, 0) is 20.3 Å². The van der Waals surface area contributed by atoms with E-state index in [2.05, 4.69) is 5.32 Å². The summed E-state index contributed by atoms with van der Waals surface area (Å²) < 4.78 is 5.11. The average molecular weight is 217 g/mol. The minimum absolute atomic E-state index is 0.145. The topological polar surface area (TPSA) is 55.4 Å².